The molecular weight excluding hydrogens is 308 g/mol. The number of nitrogens with zero attached hydrogens (tertiary/aromatic N) is 1. The molecule has 1 saturated heterocycles. The molecule has 4 nitrogen and oxygen atoms in total. The second-order valence-electron chi connectivity index (χ2n) is 5.71. The molecule has 1 N–H and O–H groups in total. The Kier molecular flexibility index (Phi) is 2.05. The lowest BCUT2D eigenvalue weighted by atomic mass is 9.94. The number of carbonyl (C=O) groups excluding carboxylic acids is 2. The standard InChI is InChI=1S/C14H13BrN2O2/c1-7-6-17(7)12(18)10-5-14(10)9-4-8(15)2-3-11(9)16-13(14)19/h2-4,7,10H,5-6H2,1H3,(H,16,19). The molecule has 4 rings (SSSR count). The van der Waals surface area contributed by atoms with E-state index in [0.717, 1.165) is 22.3 Å². The Hall–Kier alpha value is -1.36. The molecule has 1 spiro atoms. The van der Waals surface area contributed by atoms with E-state index in [1.807, 2.05) is 30.0 Å². The number of halogens is 1. The Labute approximate surface area is 119 Å². The molecule has 3 aliphatic rings. The van der Waals surface area contributed by atoms with Crippen LogP contribution in [0.4, 0.5) is 5.69 Å². The van der Waals surface area contributed by atoms with Gasteiger partial charge >= 0.3 is 0 Å². The first kappa shape index (κ1) is 11.5. The highest BCUT2D eigenvalue weighted by Crippen LogP contribution is 2.61. The summed E-state index contributed by atoms with van der Waals surface area (Å²) in [6.07, 6.45) is 0.643. The van der Waals surface area contributed by atoms with Gasteiger partial charge in [0.2, 0.25) is 11.8 Å². The highest BCUT2D eigenvalue weighted by atomic mass is 79.9. The minimum atomic E-state index is -0.599. The first-order chi connectivity index (χ1) is 9.04. The molecule has 1 aromatic carbocycles. The Morgan fingerprint density at radius 3 is 2.95 bits per heavy atom. The fourth-order valence-electron chi connectivity index (χ4n) is 3.21. The second-order valence-corrected chi connectivity index (χ2v) is 6.63. The van der Waals surface area contributed by atoms with Gasteiger partial charge in [0.1, 0.15) is 0 Å². The Bertz CT molecular complexity index is 630. The molecular formula is C14H13BrN2O2. The zero-order valence-corrected chi connectivity index (χ0v) is 12.0. The minimum absolute atomic E-state index is 0.0200. The maximum absolute atomic E-state index is 12.3. The third-order valence-electron chi connectivity index (χ3n) is 4.52. The summed E-state index contributed by atoms with van der Waals surface area (Å²) in [7, 11) is 0. The van der Waals surface area contributed by atoms with E-state index in [0.29, 0.717) is 12.5 Å². The van der Waals surface area contributed by atoms with E-state index in [-0.39, 0.29) is 17.7 Å². The lowest BCUT2D eigenvalue weighted by Crippen LogP contribution is -2.27. The highest BCUT2D eigenvalue weighted by molar-refractivity contribution is 9.10. The maximum Gasteiger partial charge on any atom is 0.235 e. The van der Waals surface area contributed by atoms with Crippen LogP contribution in [0.25, 0.3) is 0 Å². The van der Waals surface area contributed by atoms with Crippen molar-refractivity contribution in [3.8, 4) is 0 Å². The van der Waals surface area contributed by atoms with E-state index in [2.05, 4.69) is 21.2 Å². The van der Waals surface area contributed by atoms with Gasteiger partial charge in [0, 0.05) is 22.7 Å². The number of anilines is 1. The Morgan fingerprint density at radius 1 is 1.53 bits per heavy atom. The van der Waals surface area contributed by atoms with Crippen LogP contribution in [0.3, 0.4) is 0 Å². The number of amides is 2. The number of fused-ring (bicyclic) bond motifs is 2. The van der Waals surface area contributed by atoms with Gasteiger partial charge in [0.25, 0.3) is 0 Å². The fraction of sp³-hybridized carbons (Fsp3) is 0.429. The molecule has 1 saturated carbocycles. The van der Waals surface area contributed by atoms with E-state index < -0.39 is 5.41 Å². The number of hydrogen-bond acceptors (Lipinski definition) is 2. The number of rotatable bonds is 1. The smallest absolute Gasteiger partial charge is 0.235 e. The predicted octanol–water partition coefficient (Wildman–Crippen LogP) is 1.89. The summed E-state index contributed by atoms with van der Waals surface area (Å²) in [5.74, 6) is -0.0584. The normalized spacial score (nSPS) is 34.2. The van der Waals surface area contributed by atoms with Crippen LogP contribution in [-0.2, 0) is 15.0 Å². The highest BCUT2D eigenvalue weighted by Gasteiger charge is 2.69. The Balaban J connectivity index is 1.72. The molecule has 2 fully saturated rings. The van der Waals surface area contributed by atoms with E-state index in [1.165, 1.54) is 0 Å². The summed E-state index contributed by atoms with van der Waals surface area (Å²) < 4.78 is 0.945. The van der Waals surface area contributed by atoms with Crippen molar-refractivity contribution in [3.63, 3.8) is 0 Å². The minimum Gasteiger partial charge on any atom is -0.336 e. The van der Waals surface area contributed by atoms with Gasteiger partial charge in [-0.05, 0) is 37.1 Å². The van der Waals surface area contributed by atoms with Crippen LogP contribution in [0.2, 0.25) is 0 Å². The summed E-state index contributed by atoms with van der Waals surface area (Å²) in [4.78, 5) is 26.4. The van der Waals surface area contributed by atoms with Gasteiger partial charge in [-0.2, -0.15) is 0 Å². The zero-order chi connectivity index (χ0) is 13.4. The van der Waals surface area contributed by atoms with Crippen LogP contribution >= 0.6 is 15.9 Å². The first-order valence-electron chi connectivity index (χ1n) is 6.46. The van der Waals surface area contributed by atoms with Crippen molar-refractivity contribution in [2.75, 3.05) is 11.9 Å². The molecule has 3 unspecified atom stereocenters. The van der Waals surface area contributed by atoms with Crippen molar-refractivity contribution in [1.82, 2.24) is 4.90 Å². The second kappa shape index (κ2) is 3.39. The van der Waals surface area contributed by atoms with Crippen LogP contribution < -0.4 is 5.32 Å². The molecule has 0 radical (unpaired) electrons. The van der Waals surface area contributed by atoms with E-state index in [4.69, 9.17) is 0 Å². The molecule has 1 aliphatic carbocycles. The van der Waals surface area contributed by atoms with Crippen molar-refractivity contribution in [3.05, 3.63) is 28.2 Å². The molecule has 1 aromatic rings. The van der Waals surface area contributed by atoms with Crippen LogP contribution in [0, 0.1) is 5.92 Å². The third-order valence-corrected chi connectivity index (χ3v) is 5.01. The topological polar surface area (TPSA) is 49.2 Å². The molecule has 2 amide bonds. The van der Waals surface area contributed by atoms with Gasteiger partial charge in [0.15, 0.2) is 0 Å². The van der Waals surface area contributed by atoms with Crippen LogP contribution in [0.15, 0.2) is 22.7 Å². The maximum atomic E-state index is 12.3. The quantitative estimate of drug-likeness (QED) is 0.803. The lowest BCUT2D eigenvalue weighted by molar-refractivity contribution is -0.129. The average Bonchev–Trinajstić information content (AvgIpc) is 3.24. The van der Waals surface area contributed by atoms with Crippen molar-refractivity contribution in [2.24, 2.45) is 5.92 Å². The SMILES string of the molecule is CC1CN1C(=O)C1CC12C(=O)Nc1ccc(Br)cc12. The Morgan fingerprint density at radius 2 is 2.26 bits per heavy atom. The van der Waals surface area contributed by atoms with Gasteiger partial charge in [-0.1, -0.05) is 15.9 Å². The summed E-state index contributed by atoms with van der Waals surface area (Å²) in [5, 5.41) is 2.90. The summed E-state index contributed by atoms with van der Waals surface area (Å²) >= 11 is 3.44. The summed E-state index contributed by atoms with van der Waals surface area (Å²) in [6, 6.07) is 6.11. The van der Waals surface area contributed by atoms with E-state index in [1.54, 1.807) is 0 Å². The number of hydrogen-bond donors (Lipinski definition) is 1. The fourth-order valence-corrected chi connectivity index (χ4v) is 3.57. The summed E-state index contributed by atoms with van der Waals surface area (Å²) in [5.41, 5.74) is 1.22. The molecule has 2 aliphatic heterocycles. The van der Waals surface area contributed by atoms with Crippen molar-refractivity contribution >= 4 is 33.4 Å². The molecule has 0 aromatic heterocycles. The van der Waals surface area contributed by atoms with Crippen molar-refractivity contribution < 1.29 is 9.59 Å². The van der Waals surface area contributed by atoms with Crippen LogP contribution in [0.5, 0.6) is 0 Å². The lowest BCUT2D eigenvalue weighted by Gasteiger charge is -2.09. The molecule has 0 bridgehead atoms. The van der Waals surface area contributed by atoms with Gasteiger partial charge < -0.3 is 10.2 Å². The van der Waals surface area contributed by atoms with Crippen molar-refractivity contribution in [2.45, 2.75) is 24.8 Å². The molecule has 3 atom stereocenters. The van der Waals surface area contributed by atoms with Crippen LogP contribution in [-0.4, -0.2) is 29.3 Å². The molecule has 98 valence electrons. The molecule has 19 heavy (non-hydrogen) atoms. The van der Waals surface area contributed by atoms with Crippen molar-refractivity contribution in [1.29, 1.82) is 0 Å². The largest absolute Gasteiger partial charge is 0.336 e. The molecule has 2 heterocycles. The third kappa shape index (κ3) is 1.39. The van der Waals surface area contributed by atoms with Gasteiger partial charge in [-0.15, -0.1) is 0 Å². The van der Waals surface area contributed by atoms with Gasteiger partial charge in [-0.3, -0.25) is 9.59 Å². The first-order valence-corrected chi connectivity index (χ1v) is 7.25. The van der Waals surface area contributed by atoms with Gasteiger partial charge in [0.05, 0.1) is 11.3 Å². The van der Waals surface area contributed by atoms with Gasteiger partial charge in [-0.25, -0.2) is 0 Å². The van der Waals surface area contributed by atoms with E-state index in [9.17, 15) is 9.59 Å². The number of nitrogens with one attached hydrogen (secondary N) is 1. The average molecular weight is 321 g/mol. The number of benzene rings is 1. The monoisotopic (exact) mass is 320 g/mol. The number of carbonyl (C=O) groups is 2. The zero-order valence-electron chi connectivity index (χ0n) is 10.4. The van der Waals surface area contributed by atoms with E-state index >= 15 is 0 Å². The summed E-state index contributed by atoms with van der Waals surface area (Å²) in [6.45, 7) is 2.87. The predicted molar refractivity (Wildman–Crippen MR) is 73.7 cm³/mol. The van der Waals surface area contributed by atoms with Crippen LogP contribution in [0.1, 0.15) is 18.9 Å². The molecule has 5 heteroatoms.